The van der Waals surface area contributed by atoms with Crippen LogP contribution in [-0.2, 0) is 5.33 Å². The Kier molecular flexibility index (Phi) is 7.57. The van der Waals surface area contributed by atoms with Crippen LogP contribution in [0.25, 0.3) is 0 Å². The van der Waals surface area contributed by atoms with E-state index in [9.17, 15) is 4.39 Å². The summed E-state index contributed by atoms with van der Waals surface area (Å²) < 4.78 is 14.0. The summed E-state index contributed by atoms with van der Waals surface area (Å²) in [5.74, 6) is 1.22. The van der Waals surface area contributed by atoms with Gasteiger partial charge in [0, 0.05) is 29.7 Å². The zero-order valence-electron chi connectivity index (χ0n) is 13.1. The monoisotopic (exact) mass is 343 g/mol. The zero-order chi connectivity index (χ0) is 15.1. The molecule has 0 heterocycles. The second kappa shape index (κ2) is 8.66. The van der Waals surface area contributed by atoms with Crippen LogP contribution in [0, 0.1) is 17.7 Å². The van der Waals surface area contributed by atoms with E-state index >= 15 is 0 Å². The third-order valence-corrected chi connectivity index (χ3v) is 4.08. The maximum Gasteiger partial charge on any atom is 0.129 e. The summed E-state index contributed by atoms with van der Waals surface area (Å²) >= 11 is 3.42. The highest BCUT2D eigenvalue weighted by atomic mass is 79.9. The van der Waals surface area contributed by atoms with Gasteiger partial charge in [0.2, 0.25) is 0 Å². The van der Waals surface area contributed by atoms with Crippen LogP contribution in [0.15, 0.2) is 18.2 Å². The van der Waals surface area contributed by atoms with E-state index in [1.807, 2.05) is 12.1 Å². The van der Waals surface area contributed by atoms with Gasteiger partial charge in [0.15, 0.2) is 0 Å². The summed E-state index contributed by atoms with van der Waals surface area (Å²) in [6.45, 7) is 10.9. The predicted octanol–water partition coefficient (Wildman–Crippen LogP) is 5.62. The molecule has 1 nitrogen and oxygen atoms in total. The Balaban J connectivity index is 2.93. The lowest BCUT2D eigenvalue weighted by Gasteiger charge is -2.28. The van der Waals surface area contributed by atoms with Crippen molar-refractivity contribution in [3.63, 3.8) is 0 Å². The van der Waals surface area contributed by atoms with Crippen LogP contribution < -0.4 is 4.90 Å². The highest BCUT2D eigenvalue weighted by Crippen LogP contribution is 2.27. The molecule has 0 aliphatic rings. The second-order valence-electron chi connectivity index (χ2n) is 6.22. The fraction of sp³-hybridized carbons (Fsp3) is 0.647. The van der Waals surface area contributed by atoms with Gasteiger partial charge in [-0.3, -0.25) is 0 Å². The molecule has 0 spiro atoms. The molecule has 0 aliphatic heterocycles. The van der Waals surface area contributed by atoms with Gasteiger partial charge in [0.25, 0.3) is 0 Å². The molecular formula is C17H27BrFN. The number of alkyl halides is 1. The third kappa shape index (κ3) is 5.43. The van der Waals surface area contributed by atoms with Crippen LogP contribution >= 0.6 is 15.9 Å². The molecule has 0 unspecified atom stereocenters. The standard InChI is InChI=1S/C17H27BrFN/c1-13(2)8-10-20(11-9-14(3)4)17-7-5-6-16(19)15(17)12-18/h5-7,13-14H,8-12H2,1-4H3. The Hall–Kier alpha value is -0.570. The molecule has 1 rings (SSSR count). The van der Waals surface area contributed by atoms with Crippen molar-refractivity contribution >= 4 is 21.6 Å². The average molecular weight is 344 g/mol. The van der Waals surface area contributed by atoms with E-state index in [4.69, 9.17) is 0 Å². The van der Waals surface area contributed by atoms with Gasteiger partial charge in [0.05, 0.1) is 0 Å². The van der Waals surface area contributed by atoms with Crippen LogP contribution in [-0.4, -0.2) is 13.1 Å². The maximum absolute atomic E-state index is 14.0. The lowest BCUT2D eigenvalue weighted by atomic mass is 10.1. The van der Waals surface area contributed by atoms with Gasteiger partial charge in [0.1, 0.15) is 5.82 Å². The highest BCUT2D eigenvalue weighted by Gasteiger charge is 2.14. The van der Waals surface area contributed by atoms with Crippen molar-refractivity contribution in [2.75, 3.05) is 18.0 Å². The molecule has 0 atom stereocenters. The molecule has 114 valence electrons. The summed E-state index contributed by atoms with van der Waals surface area (Å²) in [4.78, 5) is 2.35. The summed E-state index contributed by atoms with van der Waals surface area (Å²) in [6, 6.07) is 5.40. The third-order valence-electron chi connectivity index (χ3n) is 3.52. The molecule has 0 fully saturated rings. The molecule has 1 aromatic rings. The van der Waals surface area contributed by atoms with Crippen LogP contribution in [0.5, 0.6) is 0 Å². The molecule has 0 N–H and O–H groups in total. The number of anilines is 1. The molecule has 0 saturated carbocycles. The van der Waals surface area contributed by atoms with Crippen molar-refractivity contribution in [1.82, 2.24) is 0 Å². The highest BCUT2D eigenvalue weighted by molar-refractivity contribution is 9.08. The van der Waals surface area contributed by atoms with Crippen molar-refractivity contribution in [2.45, 2.75) is 45.9 Å². The summed E-state index contributed by atoms with van der Waals surface area (Å²) in [6.07, 6.45) is 2.27. The second-order valence-corrected chi connectivity index (χ2v) is 6.78. The van der Waals surface area contributed by atoms with Crippen molar-refractivity contribution in [1.29, 1.82) is 0 Å². The van der Waals surface area contributed by atoms with Crippen molar-refractivity contribution in [2.24, 2.45) is 11.8 Å². The quantitative estimate of drug-likeness (QED) is 0.553. The number of hydrogen-bond acceptors (Lipinski definition) is 1. The van der Waals surface area contributed by atoms with Gasteiger partial charge in [-0.2, -0.15) is 0 Å². The molecule has 0 amide bonds. The lowest BCUT2D eigenvalue weighted by molar-refractivity contribution is 0.533. The average Bonchev–Trinajstić information content (AvgIpc) is 2.38. The molecule has 0 bridgehead atoms. The molecule has 0 aromatic heterocycles. The van der Waals surface area contributed by atoms with E-state index in [0.717, 1.165) is 37.2 Å². The lowest BCUT2D eigenvalue weighted by Crippen LogP contribution is -2.28. The molecule has 3 heteroatoms. The van der Waals surface area contributed by atoms with Gasteiger partial charge >= 0.3 is 0 Å². The van der Waals surface area contributed by atoms with E-state index < -0.39 is 0 Å². The first-order valence-electron chi connectivity index (χ1n) is 7.54. The number of rotatable bonds is 8. The zero-order valence-corrected chi connectivity index (χ0v) is 14.7. The van der Waals surface area contributed by atoms with E-state index in [2.05, 4.69) is 48.5 Å². The maximum atomic E-state index is 14.0. The first kappa shape index (κ1) is 17.5. The number of nitrogens with zero attached hydrogens (tertiary/aromatic N) is 1. The Morgan fingerprint density at radius 3 is 2.05 bits per heavy atom. The van der Waals surface area contributed by atoms with Crippen LogP contribution in [0.1, 0.15) is 46.1 Å². The summed E-state index contributed by atoms with van der Waals surface area (Å²) in [7, 11) is 0. The van der Waals surface area contributed by atoms with Crippen LogP contribution in [0.4, 0.5) is 10.1 Å². The number of hydrogen-bond donors (Lipinski definition) is 0. The van der Waals surface area contributed by atoms with Gasteiger partial charge in [-0.05, 0) is 36.8 Å². The largest absolute Gasteiger partial charge is 0.371 e. The van der Waals surface area contributed by atoms with Gasteiger partial charge in [-0.15, -0.1) is 0 Å². The number of halogens is 2. The first-order valence-corrected chi connectivity index (χ1v) is 8.66. The minimum atomic E-state index is -0.113. The molecular weight excluding hydrogens is 317 g/mol. The first-order chi connectivity index (χ1) is 9.45. The fourth-order valence-corrected chi connectivity index (χ4v) is 2.71. The Morgan fingerprint density at radius 1 is 1.05 bits per heavy atom. The van der Waals surface area contributed by atoms with Crippen LogP contribution in [0.2, 0.25) is 0 Å². The number of benzene rings is 1. The predicted molar refractivity (Wildman–Crippen MR) is 90.2 cm³/mol. The van der Waals surface area contributed by atoms with Gasteiger partial charge < -0.3 is 4.90 Å². The van der Waals surface area contributed by atoms with E-state index in [1.165, 1.54) is 0 Å². The summed E-state index contributed by atoms with van der Waals surface area (Å²) in [5, 5.41) is 0.564. The van der Waals surface area contributed by atoms with Crippen molar-refractivity contribution in [3.05, 3.63) is 29.6 Å². The minimum Gasteiger partial charge on any atom is -0.371 e. The molecule has 0 aliphatic carbocycles. The molecule has 1 aromatic carbocycles. The Bertz CT molecular complexity index is 392. The Morgan fingerprint density at radius 2 is 1.60 bits per heavy atom. The molecule has 0 saturated heterocycles. The topological polar surface area (TPSA) is 3.24 Å². The van der Waals surface area contributed by atoms with E-state index in [-0.39, 0.29) is 5.82 Å². The van der Waals surface area contributed by atoms with Crippen molar-refractivity contribution in [3.8, 4) is 0 Å². The van der Waals surface area contributed by atoms with Gasteiger partial charge in [-0.25, -0.2) is 4.39 Å². The minimum absolute atomic E-state index is 0.113. The van der Waals surface area contributed by atoms with Crippen LogP contribution in [0.3, 0.4) is 0 Å². The van der Waals surface area contributed by atoms with Gasteiger partial charge in [-0.1, -0.05) is 49.7 Å². The summed E-state index contributed by atoms with van der Waals surface area (Å²) in [5.41, 5.74) is 1.82. The smallest absolute Gasteiger partial charge is 0.129 e. The fourth-order valence-electron chi connectivity index (χ4n) is 2.16. The van der Waals surface area contributed by atoms with Crippen molar-refractivity contribution < 1.29 is 4.39 Å². The normalized spacial score (nSPS) is 11.4. The van der Waals surface area contributed by atoms with E-state index in [1.54, 1.807) is 6.07 Å². The van der Waals surface area contributed by atoms with E-state index in [0.29, 0.717) is 17.2 Å². The molecule has 0 radical (unpaired) electrons. The SMILES string of the molecule is CC(C)CCN(CCC(C)C)c1cccc(F)c1CBr. The molecule has 20 heavy (non-hydrogen) atoms. The Labute approximate surface area is 131 Å².